The number of pyridine rings is 1. The summed E-state index contributed by atoms with van der Waals surface area (Å²) in [5.41, 5.74) is 5.66. The van der Waals surface area contributed by atoms with Crippen LogP contribution < -0.4 is 5.32 Å². The molecule has 0 atom stereocenters. The molecule has 0 saturated heterocycles. The lowest BCUT2D eigenvalue weighted by Crippen LogP contribution is -2.09. The molecule has 2 aromatic rings. The number of nitriles is 1. The second-order valence-electron chi connectivity index (χ2n) is 5.62. The second-order valence-corrected chi connectivity index (χ2v) is 5.62. The summed E-state index contributed by atoms with van der Waals surface area (Å²) in [6.45, 7) is 2.90. The molecule has 0 radical (unpaired) electrons. The molecule has 0 saturated carbocycles. The van der Waals surface area contributed by atoms with Gasteiger partial charge in [-0.1, -0.05) is 29.8 Å². The van der Waals surface area contributed by atoms with E-state index in [-0.39, 0.29) is 0 Å². The smallest absolute Gasteiger partial charge is 0.144 e. The first-order valence-corrected chi connectivity index (χ1v) is 7.48. The van der Waals surface area contributed by atoms with Crippen LogP contribution in [0.1, 0.15) is 34.4 Å². The average molecular weight is 277 g/mol. The van der Waals surface area contributed by atoms with Gasteiger partial charge in [-0.15, -0.1) is 0 Å². The number of hydrogen-bond acceptors (Lipinski definition) is 3. The highest BCUT2D eigenvalue weighted by Crippen LogP contribution is 2.24. The van der Waals surface area contributed by atoms with Gasteiger partial charge in [0.25, 0.3) is 0 Å². The van der Waals surface area contributed by atoms with Crippen LogP contribution in [0.2, 0.25) is 0 Å². The molecule has 21 heavy (non-hydrogen) atoms. The highest BCUT2D eigenvalue weighted by Gasteiger charge is 2.16. The average Bonchev–Trinajstić information content (AvgIpc) is 2.93. The van der Waals surface area contributed by atoms with Crippen molar-refractivity contribution in [2.45, 2.75) is 32.6 Å². The van der Waals surface area contributed by atoms with Crippen molar-refractivity contribution in [3.8, 4) is 6.07 Å². The van der Waals surface area contributed by atoms with E-state index in [9.17, 15) is 5.26 Å². The van der Waals surface area contributed by atoms with Crippen LogP contribution in [0.4, 0.5) is 5.82 Å². The molecule has 0 spiro atoms. The molecule has 0 bridgehead atoms. The Morgan fingerprint density at radius 3 is 3.00 bits per heavy atom. The third-order valence-corrected chi connectivity index (χ3v) is 3.96. The van der Waals surface area contributed by atoms with Crippen molar-refractivity contribution in [2.24, 2.45) is 0 Å². The highest BCUT2D eigenvalue weighted by molar-refractivity contribution is 5.55. The first-order valence-electron chi connectivity index (χ1n) is 7.48. The lowest BCUT2D eigenvalue weighted by atomic mass is 10.1. The normalized spacial score (nSPS) is 12.8. The molecule has 106 valence electrons. The Labute approximate surface area is 125 Å². The van der Waals surface area contributed by atoms with Crippen molar-refractivity contribution in [3.05, 3.63) is 58.3 Å². The number of benzene rings is 1. The van der Waals surface area contributed by atoms with Crippen molar-refractivity contribution < 1.29 is 0 Å². The van der Waals surface area contributed by atoms with Crippen molar-refractivity contribution in [1.82, 2.24) is 4.98 Å². The number of aryl methyl sites for hydroxylation is 3. The highest BCUT2D eigenvalue weighted by atomic mass is 15.0. The van der Waals surface area contributed by atoms with E-state index in [1.54, 1.807) is 0 Å². The van der Waals surface area contributed by atoms with Crippen LogP contribution in [0.3, 0.4) is 0 Å². The Kier molecular flexibility index (Phi) is 3.87. The lowest BCUT2D eigenvalue weighted by Gasteiger charge is -2.10. The van der Waals surface area contributed by atoms with E-state index in [1.165, 1.54) is 16.7 Å². The number of nitrogens with zero attached hydrogens (tertiary/aromatic N) is 2. The van der Waals surface area contributed by atoms with Gasteiger partial charge in [0, 0.05) is 12.2 Å². The predicted molar refractivity (Wildman–Crippen MR) is 84.3 cm³/mol. The van der Waals surface area contributed by atoms with E-state index >= 15 is 0 Å². The molecule has 1 N–H and O–H groups in total. The Balaban J connectivity index is 1.69. The van der Waals surface area contributed by atoms with Crippen LogP contribution >= 0.6 is 0 Å². The van der Waals surface area contributed by atoms with Gasteiger partial charge in [0.2, 0.25) is 0 Å². The van der Waals surface area contributed by atoms with E-state index in [0.29, 0.717) is 5.56 Å². The SMILES string of the molecule is Cc1cccc(CCNc2nc3c(cc2C#N)CCC3)c1. The molecule has 0 unspecified atom stereocenters. The largest absolute Gasteiger partial charge is 0.369 e. The van der Waals surface area contributed by atoms with Crippen molar-refractivity contribution in [3.63, 3.8) is 0 Å². The summed E-state index contributed by atoms with van der Waals surface area (Å²) < 4.78 is 0. The third kappa shape index (κ3) is 3.05. The fourth-order valence-electron chi connectivity index (χ4n) is 2.88. The van der Waals surface area contributed by atoms with Gasteiger partial charge < -0.3 is 5.32 Å². The number of rotatable bonds is 4. The number of hydrogen-bond donors (Lipinski definition) is 1. The second kappa shape index (κ2) is 5.97. The fraction of sp³-hybridized carbons (Fsp3) is 0.333. The van der Waals surface area contributed by atoms with Crippen molar-refractivity contribution in [1.29, 1.82) is 5.26 Å². The molecule has 3 heteroatoms. The van der Waals surface area contributed by atoms with Gasteiger partial charge in [0.1, 0.15) is 11.9 Å². The molecular formula is C18H19N3. The molecule has 3 nitrogen and oxygen atoms in total. The molecule has 1 aromatic carbocycles. The molecule has 0 fully saturated rings. The summed E-state index contributed by atoms with van der Waals surface area (Å²) in [5, 5.41) is 12.6. The van der Waals surface area contributed by atoms with Gasteiger partial charge in [-0.05, 0) is 49.8 Å². The lowest BCUT2D eigenvalue weighted by molar-refractivity contribution is 0.898. The van der Waals surface area contributed by atoms with E-state index in [4.69, 9.17) is 0 Å². The monoisotopic (exact) mass is 277 g/mol. The summed E-state index contributed by atoms with van der Waals surface area (Å²) in [5.74, 6) is 0.741. The zero-order valence-corrected chi connectivity index (χ0v) is 12.3. The van der Waals surface area contributed by atoms with Gasteiger partial charge in [0.15, 0.2) is 0 Å². The summed E-state index contributed by atoms with van der Waals surface area (Å²) >= 11 is 0. The van der Waals surface area contributed by atoms with Crippen LogP contribution in [0, 0.1) is 18.3 Å². The standard InChI is InChI=1S/C18H19N3/c1-13-4-2-5-14(10-13)8-9-20-18-16(12-19)11-15-6-3-7-17(15)21-18/h2,4-5,10-11H,3,6-9H2,1H3,(H,20,21). The maximum atomic E-state index is 9.27. The first-order chi connectivity index (χ1) is 10.3. The zero-order chi connectivity index (χ0) is 14.7. The predicted octanol–water partition coefficient (Wildman–Crippen LogP) is 3.41. The number of anilines is 1. The molecule has 1 aliphatic rings. The fourth-order valence-corrected chi connectivity index (χ4v) is 2.88. The van der Waals surface area contributed by atoms with Gasteiger partial charge in [-0.2, -0.15) is 5.26 Å². The zero-order valence-electron chi connectivity index (χ0n) is 12.3. The Morgan fingerprint density at radius 2 is 2.19 bits per heavy atom. The van der Waals surface area contributed by atoms with Gasteiger partial charge in [0.05, 0.1) is 5.56 Å². The first kappa shape index (κ1) is 13.6. The molecule has 0 amide bonds. The summed E-state index contributed by atoms with van der Waals surface area (Å²) in [7, 11) is 0. The minimum Gasteiger partial charge on any atom is -0.369 e. The van der Waals surface area contributed by atoms with E-state index in [0.717, 1.165) is 43.7 Å². The minimum absolute atomic E-state index is 0.667. The molecular weight excluding hydrogens is 258 g/mol. The number of fused-ring (bicyclic) bond motifs is 1. The van der Waals surface area contributed by atoms with Crippen LogP contribution in [-0.2, 0) is 19.3 Å². The van der Waals surface area contributed by atoms with Gasteiger partial charge in [-0.25, -0.2) is 4.98 Å². The molecule has 1 aliphatic carbocycles. The Bertz CT molecular complexity index is 698. The maximum absolute atomic E-state index is 9.27. The molecule has 3 rings (SSSR count). The number of aromatic nitrogens is 1. The van der Waals surface area contributed by atoms with Gasteiger partial charge in [-0.3, -0.25) is 0 Å². The summed E-state index contributed by atoms with van der Waals surface area (Å²) in [6.07, 6.45) is 4.18. The summed E-state index contributed by atoms with van der Waals surface area (Å²) in [6, 6.07) is 12.8. The van der Waals surface area contributed by atoms with E-state index < -0.39 is 0 Å². The van der Waals surface area contributed by atoms with Crippen molar-refractivity contribution in [2.75, 3.05) is 11.9 Å². The Hall–Kier alpha value is -2.34. The van der Waals surface area contributed by atoms with Crippen molar-refractivity contribution >= 4 is 5.82 Å². The summed E-state index contributed by atoms with van der Waals surface area (Å²) in [4.78, 5) is 4.64. The molecule has 0 aliphatic heterocycles. The van der Waals surface area contributed by atoms with Gasteiger partial charge >= 0.3 is 0 Å². The quantitative estimate of drug-likeness (QED) is 0.931. The molecule has 1 heterocycles. The maximum Gasteiger partial charge on any atom is 0.144 e. The molecule has 1 aromatic heterocycles. The van der Waals surface area contributed by atoms with Crippen LogP contribution in [0.5, 0.6) is 0 Å². The topological polar surface area (TPSA) is 48.7 Å². The van der Waals surface area contributed by atoms with Crippen LogP contribution in [0.25, 0.3) is 0 Å². The minimum atomic E-state index is 0.667. The van der Waals surface area contributed by atoms with Crippen LogP contribution in [-0.4, -0.2) is 11.5 Å². The number of nitrogens with one attached hydrogen (secondary N) is 1. The van der Waals surface area contributed by atoms with E-state index in [2.05, 4.69) is 47.6 Å². The third-order valence-electron chi connectivity index (χ3n) is 3.96. The Morgan fingerprint density at radius 1 is 1.29 bits per heavy atom. The van der Waals surface area contributed by atoms with E-state index in [1.807, 2.05) is 6.07 Å². The van der Waals surface area contributed by atoms with Crippen LogP contribution in [0.15, 0.2) is 30.3 Å².